The van der Waals surface area contributed by atoms with Gasteiger partial charge in [-0.1, -0.05) is 6.92 Å². The van der Waals surface area contributed by atoms with Gasteiger partial charge in [0, 0.05) is 6.42 Å². The fourth-order valence-electron chi connectivity index (χ4n) is 0.202. The van der Waals surface area contributed by atoms with Crippen LogP contribution in [0.25, 0.3) is 0 Å². The van der Waals surface area contributed by atoms with Crippen LogP contribution < -0.4 is 16.6 Å². The number of nitrogens with zero attached hydrogens (tertiary/aromatic N) is 1. The summed E-state index contributed by atoms with van der Waals surface area (Å²) in [7, 11) is 0. The summed E-state index contributed by atoms with van der Waals surface area (Å²) in [6.45, 7) is 1.67. The molecule has 5 nitrogen and oxygen atoms in total. The van der Waals surface area contributed by atoms with Gasteiger partial charge in [0.15, 0.2) is 0 Å². The second-order valence-electron chi connectivity index (χ2n) is 1.38. The first-order valence-electron chi connectivity index (χ1n) is 2.50. The van der Waals surface area contributed by atoms with Gasteiger partial charge in [0.25, 0.3) is 5.91 Å². The SMILES string of the molecule is CCC(=O)[N]NC(=N)N. The number of rotatable bonds is 1. The average molecular weight is 129 g/mol. The Labute approximate surface area is 53.1 Å². The minimum Gasteiger partial charge on any atom is -0.369 e. The Morgan fingerprint density at radius 1 is 1.89 bits per heavy atom. The maximum absolute atomic E-state index is 10.3. The van der Waals surface area contributed by atoms with Gasteiger partial charge < -0.3 is 5.73 Å². The van der Waals surface area contributed by atoms with Gasteiger partial charge in [0.05, 0.1) is 0 Å². The second-order valence-corrected chi connectivity index (χ2v) is 1.38. The van der Waals surface area contributed by atoms with E-state index in [0.717, 1.165) is 0 Å². The molecule has 51 valence electrons. The van der Waals surface area contributed by atoms with E-state index in [2.05, 4.69) is 5.43 Å². The summed E-state index contributed by atoms with van der Waals surface area (Å²) >= 11 is 0. The van der Waals surface area contributed by atoms with E-state index in [1.807, 2.05) is 5.43 Å². The van der Waals surface area contributed by atoms with Gasteiger partial charge in [-0.15, -0.1) is 5.43 Å². The maximum Gasteiger partial charge on any atom is 0.262 e. The fourth-order valence-corrected chi connectivity index (χ4v) is 0.202. The Balaban J connectivity index is 3.28. The van der Waals surface area contributed by atoms with Gasteiger partial charge in [-0.05, 0) is 0 Å². The topological polar surface area (TPSA) is 93.1 Å². The maximum atomic E-state index is 10.3. The zero-order chi connectivity index (χ0) is 7.28. The van der Waals surface area contributed by atoms with Crippen LogP contribution in [-0.2, 0) is 4.79 Å². The molecule has 0 atom stereocenters. The smallest absolute Gasteiger partial charge is 0.262 e. The van der Waals surface area contributed by atoms with Crippen LogP contribution in [0.3, 0.4) is 0 Å². The number of guanidine groups is 1. The van der Waals surface area contributed by atoms with Gasteiger partial charge in [-0.3, -0.25) is 10.2 Å². The molecule has 0 aliphatic carbocycles. The number of nitrogens with one attached hydrogen (secondary N) is 2. The predicted molar refractivity (Wildman–Crippen MR) is 32.5 cm³/mol. The molecule has 0 saturated carbocycles. The molecule has 0 rings (SSSR count). The van der Waals surface area contributed by atoms with Crippen molar-refractivity contribution in [2.45, 2.75) is 13.3 Å². The van der Waals surface area contributed by atoms with E-state index in [1.54, 1.807) is 6.92 Å². The van der Waals surface area contributed by atoms with Gasteiger partial charge >= 0.3 is 0 Å². The average Bonchev–Trinajstić information content (AvgIpc) is 1.83. The summed E-state index contributed by atoms with van der Waals surface area (Å²) in [5.41, 5.74) is 10.1. The number of hydrogen-bond acceptors (Lipinski definition) is 2. The molecule has 0 unspecified atom stereocenters. The largest absolute Gasteiger partial charge is 0.369 e. The van der Waals surface area contributed by atoms with Crippen LogP contribution in [0.5, 0.6) is 0 Å². The van der Waals surface area contributed by atoms with E-state index in [9.17, 15) is 4.79 Å². The van der Waals surface area contributed by atoms with E-state index in [4.69, 9.17) is 11.1 Å². The predicted octanol–water partition coefficient (Wildman–Crippen LogP) is -1.07. The monoisotopic (exact) mass is 129 g/mol. The summed E-state index contributed by atoms with van der Waals surface area (Å²) in [6.07, 6.45) is 0.320. The molecule has 0 aliphatic rings. The zero-order valence-electron chi connectivity index (χ0n) is 5.14. The van der Waals surface area contributed by atoms with Crippen LogP contribution in [0.2, 0.25) is 0 Å². The second kappa shape index (κ2) is 3.71. The van der Waals surface area contributed by atoms with Gasteiger partial charge in [-0.2, -0.15) is 0 Å². The molecule has 0 aromatic rings. The van der Waals surface area contributed by atoms with E-state index in [-0.39, 0.29) is 11.9 Å². The van der Waals surface area contributed by atoms with E-state index in [0.29, 0.717) is 6.42 Å². The van der Waals surface area contributed by atoms with Crippen molar-refractivity contribution in [2.75, 3.05) is 0 Å². The molecule has 0 saturated heterocycles. The Morgan fingerprint density at radius 2 is 2.44 bits per heavy atom. The molecule has 0 heterocycles. The first-order valence-corrected chi connectivity index (χ1v) is 2.50. The van der Waals surface area contributed by atoms with Crippen molar-refractivity contribution in [1.29, 1.82) is 5.41 Å². The van der Waals surface area contributed by atoms with Gasteiger partial charge in [-0.25, -0.2) is 5.43 Å². The highest BCUT2D eigenvalue weighted by atomic mass is 16.2. The van der Waals surface area contributed by atoms with Crippen molar-refractivity contribution in [1.82, 2.24) is 10.9 Å². The molecule has 0 aliphatic heterocycles. The lowest BCUT2D eigenvalue weighted by Gasteiger charge is -1.98. The third-order valence-electron chi connectivity index (χ3n) is 0.604. The van der Waals surface area contributed by atoms with Crippen molar-refractivity contribution in [3.05, 3.63) is 0 Å². The molecule has 1 amide bonds. The third kappa shape index (κ3) is 4.60. The zero-order valence-corrected chi connectivity index (χ0v) is 5.14. The summed E-state index contributed by atoms with van der Waals surface area (Å²) in [4.78, 5) is 10.3. The van der Waals surface area contributed by atoms with Crippen molar-refractivity contribution < 1.29 is 4.79 Å². The minimum atomic E-state index is -0.322. The molecule has 0 fully saturated rings. The van der Waals surface area contributed by atoms with Crippen LogP contribution in [0.15, 0.2) is 0 Å². The van der Waals surface area contributed by atoms with Crippen LogP contribution >= 0.6 is 0 Å². The van der Waals surface area contributed by atoms with Crippen molar-refractivity contribution in [2.24, 2.45) is 5.73 Å². The fraction of sp³-hybridized carbons (Fsp3) is 0.500. The molecule has 5 heteroatoms. The Bertz CT molecular complexity index is 122. The van der Waals surface area contributed by atoms with Crippen molar-refractivity contribution in [3.8, 4) is 0 Å². The summed E-state index contributed by atoms with van der Waals surface area (Å²) in [5, 5.41) is 6.58. The highest BCUT2D eigenvalue weighted by molar-refractivity contribution is 5.80. The lowest BCUT2D eigenvalue weighted by Crippen LogP contribution is -2.39. The lowest BCUT2D eigenvalue weighted by molar-refractivity contribution is -0.121. The highest BCUT2D eigenvalue weighted by Gasteiger charge is 1.96. The molecule has 0 spiro atoms. The number of amides is 1. The molecular formula is C4H9N4O. The van der Waals surface area contributed by atoms with Crippen LogP contribution in [0, 0.1) is 5.41 Å². The highest BCUT2D eigenvalue weighted by Crippen LogP contribution is 1.71. The molecular weight excluding hydrogens is 120 g/mol. The van der Waals surface area contributed by atoms with E-state index < -0.39 is 0 Å². The van der Waals surface area contributed by atoms with Gasteiger partial charge in [0.1, 0.15) is 0 Å². The van der Waals surface area contributed by atoms with Crippen LogP contribution in [0.1, 0.15) is 13.3 Å². The van der Waals surface area contributed by atoms with Crippen molar-refractivity contribution in [3.63, 3.8) is 0 Å². The molecule has 4 N–H and O–H groups in total. The Morgan fingerprint density at radius 3 is 2.78 bits per heavy atom. The number of carbonyl (C=O) groups excluding carboxylic acids is 1. The van der Waals surface area contributed by atoms with Gasteiger partial charge in [0.2, 0.25) is 5.96 Å². The molecule has 0 aromatic carbocycles. The molecule has 1 radical (unpaired) electrons. The summed E-state index contributed by atoms with van der Waals surface area (Å²) < 4.78 is 0. The molecule has 9 heavy (non-hydrogen) atoms. The first-order chi connectivity index (χ1) is 4.16. The molecule has 0 bridgehead atoms. The van der Waals surface area contributed by atoms with Crippen molar-refractivity contribution >= 4 is 11.9 Å². The van der Waals surface area contributed by atoms with Crippen LogP contribution in [0.4, 0.5) is 0 Å². The number of hydrogen-bond donors (Lipinski definition) is 3. The summed E-state index contributed by atoms with van der Waals surface area (Å²) in [6, 6.07) is 0. The van der Waals surface area contributed by atoms with E-state index >= 15 is 0 Å². The Hall–Kier alpha value is -1.26. The summed E-state index contributed by atoms with van der Waals surface area (Å²) in [5.74, 6) is -0.637. The van der Waals surface area contributed by atoms with E-state index in [1.165, 1.54) is 0 Å². The number of nitrogens with two attached hydrogens (primary N) is 1. The quantitative estimate of drug-likeness (QED) is 0.239. The number of carbonyl (C=O) groups is 1. The standard InChI is InChI=1S/C4H9N4O/c1-2-3(9)7-8-4(5)6/h2H2,1H3,(H4,5,6,8). The minimum absolute atomic E-state index is 0.315. The Kier molecular flexibility index (Phi) is 3.19. The van der Waals surface area contributed by atoms with Crippen LogP contribution in [-0.4, -0.2) is 11.9 Å². The molecule has 0 aromatic heterocycles. The lowest BCUT2D eigenvalue weighted by atomic mass is 10.5. The first kappa shape index (κ1) is 7.74. The third-order valence-corrected chi connectivity index (χ3v) is 0.604. The normalized spacial score (nSPS) is 8.11.